The Labute approximate surface area is 136 Å². The van der Waals surface area contributed by atoms with Crippen molar-refractivity contribution in [1.29, 1.82) is 0 Å². The third-order valence-electron chi connectivity index (χ3n) is 4.24. The lowest BCUT2D eigenvalue weighted by Crippen LogP contribution is -2.45. The van der Waals surface area contributed by atoms with Gasteiger partial charge in [0.25, 0.3) is 0 Å². The molecule has 6 nitrogen and oxygen atoms in total. The molecule has 126 valence electrons. The molecule has 2 rings (SSSR count). The predicted octanol–water partition coefficient (Wildman–Crippen LogP) is 2.05. The molecular formula is C17H24N2O4. The number of carboxylic acids is 1. The molecular weight excluding hydrogens is 296 g/mol. The van der Waals surface area contributed by atoms with Crippen molar-refractivity contribution in [3.63, 3.8) is 0 Å². The van der Waals surface area contributed by atoms with Gasteiger partial charge in [0.15, 0.2) is 0 Å². The van der Waals surface area contributed by atoms with E-state index in [1.54, 1.807) is 12.0 Å². The van der Waals surface area contributed by atoms with E-state index >= 15 is 0 Å². The molecule has 0 bridgehead atoms. The van der Waals surface area contributed by atoms with Crippen LogP contribution in [0.25, 0.3) is 0 Å². The summed E-state index contributed by atoms with van der Waals surface area (Å²) in [7, 11) is 1.64. The molecule has 2 amide bonds. The summed E-state index contributed by atoms with van der Waals surface area (Å²) in [6, 6.07) is 5.86. The third kappa shape index (κ3) is 4.61. The number of piperidine rings is 1. The largest absolute Gasteiger partial charge is 0.496 e. The number of rotatable bonds is 5. The number of nitrogens with zero attached hydrogens (tertiary/aromatic N) is 1. The van der Waals surface area contributed by atoms with Gasteiger partial charge >= 0.3 is 12.0 Å². The second-order valence-corrected chi connectivity index (χ2v) is 5.90. The van der Waals surface area contributed by atoms with Crippen LogP contribution in [-0.4, -0.2) is 48.8 Å². The van der Waals surface area contributed by atoms with Crippen molar-refractivity contribution in [2.75, 3.05) is 26.7 Å². The van der Waals surface area contributed by atoms with Gasteiger partial charge in [-0.05, 0) is 37.8 Å². The Kier molecular flexibility index (Phi) is 5.84. The summed E-state index contributed by atoms with van der Waals surface area (Å²) in [5, 5.41) is 11.9. The van der Waals surface area contributed by atoms with Crippen LogP contribution in [0.15, 0.2) is 18.2 Å². The molecule has 0 saturated carbocycles. The van der Waals surface area contributed by atoms with E-state index in [0.717, 1.165) is 16.9 Å². The van der Waals surface area contributed by atoms with Gasteiger partial charge in [0.1, 0.15) is 5.75 Å². The second kappa shape index (κ2) is 7.85. The fourth-order valence-corrected chi connectivity index (χ4v) is 2.85. The molecule has 0 aliphatic carbocycles. The van der Waals surface area contributed by atoms with E-state index in [1.165, 1.54) is 0 Å². The van der Waals surface area contributed by atoms with E-state index in [-0.39, 0.29) is 11.9 Å². The predicted molar refractivity (Wildman–Crippen MR) is 86.8 cm³/mol. The molecule has 1 fully saturated rings. The van der Waals surface area contributed by atoms with E-state index in [0.29, 0.717) is 38.9 Å². The van der Waals surface area contributed by atoms with Crippen LogP contribution in [0.2, 0.25) is 0 Å². The van der Waals surface area contributed by atoms with E-state index in [9.17, 15) is 9.59 Å². The molecule has 23 heavy (non-hydrogen) atoms. The number of carbonyl (C=O) groups is 2. The summed E-state index contributed by atoms with van der Waals surface area (Å²) in [6.07, 6.45) is 1.74. The molecule has 1 heterocycles. The Morgan fingerprint density at radius 1 is 1.35 bits per heavy atom. The highest BCUT2D eigenvalue weighted by molar-refractivity contribution is 5.75. The van der Waals surface area contributed by atoms with Gasteiger partial charge in [-0.25, -0.2) is 4.79 Å². The van der Waals surface area contributed by atoms with Crippen LogP contribution < -0.4 is 10.1 Å². The number of likely N-dealkylation sites (tertiary alicyclic amines) is 1. The highest BCUT2D eigenvalue weighted by atomic mass is 16.5. The van der Waals surface area contributed by atoms with Crippen LogP contribution in [0, 0.1) is 12.8 Å². The number of aryl methyl sites for hydroxylation is 1. The number of amides is 2. The van der Waals surface area contributed by atoms with Crippen LogP contribution in [0.4, 0.5) is 4.79 Å². The van der Waals surface area contributed by atoms with Gasteiger partial charge in [0, 0.05) is 19.6 Å². The van der Waals surface area contributed by atoms with Crippen LogP contribution >= 0.6 is 0 Å². The SMILES string of the molecule is COc1ccc(C)cc1CCNC(=O)N1CCC(C(=O)O)CC1. The summed E-state index contributed by atoms with van der Waals surface area (Å²) in [5.74, 6) is -0.265. The molecule has 2 N–H and O–H groups in total. The van der Waals surface area contributed by atoms with Crippen LogP contribution in [-0.2, 0) is 11.2 Å². The Bertz CT molecular complexity index is 566. The van der Waals surface area contributed by atoms with E-state index in [4.69, 9.17) is 9.84 Å². The molecule has 0 radical (unpaired) electrons. The monoisotopic (exact) mass is 320 g/mol. The number of hydrogen-bond donors (Lipinski definition) is 2. The Morgan fingerprint density at radius 3 is 2.65 bits per heavy atom. The van der Waals surface area contributed by atoms with E-state index in [2.05, 4.69) is 11.4 Å². The molecule has 1 saturated heterocycles. The molecule has 0 unspecified atom stereocenters. The van der Waals surface area contributed by atoms with Gasteiger partial charge in [-0.1, -0.05) is 17.7 Å². The van der Waals surface area contributed by atoms with Crippen molar-refractivity contribution in [3.8, 4) is 5.75 Å². The number of nitrogens with one attached hydrogen (secondary N) is 1. The van der Waals surface area contributed by atoms with Crippen molar-refractivity contribution in [1.82, 2.24) is 10.2 Å². The maximum absolute atomic E-state index is 12.1. The minimum absolute atomic E-state index is 0.125. The lowest BCUT2D eigenvalue weighted by molar-refractivity contribution is -0.143. The van der Waals surface area contributed by atoms with E-state index < -0.39 is 5.97 Å². The van der Waals surface area contributed by atoms with Crippen molar-refractivity contribution < 1.29 is 19.4 Å². The lowest BCUT2D eigenvalue weighted by Gasteiger charge is -2.30. The zero-order valence-corrected chi connectivity index (χ0v) is 13.7. The molecule has 0 atom stereocenters. The average molecular weight is 320 g/mol. The zero-order chi connectivity index (χ0) is 16.8. The number of methoxy groups -OCH3 is 1. The minimum atomic E-state index is -0.767. The highest BCUT2D eigenvalue weighted by Gasteiger charge is 2.26. The zero-order valence-electron chi connectivity index (χ0n) is 13.7. The number of aliphatic carboxylic acids is 1. The summed E-state index contributed by atoms with van der Waals surface area (Å²) in [4.78, 5) is 24.7. The Hall–Kier alpha value is -2.24. The van der Waals surface area contributed by atoms with Crippen molar-refractivity contribution in [2.45, 2.75) is 26.2 Å². The molecule has 1 aliphatic rings. The van der Waals surface area contributed by atoms with E-state index in [1.807, 2.05) is 19.1 Å². The van der Waals surface area contributed by atoms with Crippen LogP contribution in [0.5, 0.6) is 5.75 Å². The maximum Gasteiger partial charge on any atom is 0.317 e. The number of carbonyl (C=O) groups excluding carboxylic acids is 1. The second-order valence-electron chi connectivity index (χ2n) is 5.90. The van der Waals surface area contributed by atoms with Crippen molar-refractivity contribution in [2.24, 2.45) is 5.92 Å². The molecule has 0 aromatic heterocycles. The first-order chi connectivity index (χ1) is 11.0. The molecule has 1 aromatic rings. The van der Waals surface area contributed by atoms with Gasteiger partial charge in [0.05, 0.1) is 13.0 Å². The third-order valence-corrected chi connectivity index (χ3v) is 4.24. The van der Waals surface area contributed by atoms with Gasteiger partial charge in [-0.2, -0.15) is 0 Å². The first-order valence-electron chi connectivity index (χ1n) is 7.90. The maximum atomic E-state index is 12.1. The molecule has 1 aromatic carbocycles. The normalized spacial score (nSPS) is 15.3. The smallest absolute Gasteiger partial charge is 0.317 e. The first-order valence-corrected chi connectivity index (χ1v) is 7.90. The highest BCUT2D eigenvalue weighted by Crippen LogP contribution is 2.20. The first kappa shape index (κ1) is 17.1. The number of ether oxygens (including phenoxy) is 1. The molecule has 1 aliphatic heterocycles. The van der Waals surface area contributed by atoms with Crippen LogP contribution in [0.3, 0.4) is 0 Å². The quantitative estimate of drug-likeness (QED) is 0.870. The fourth-order valence-electron chi connectivity index (χ4n) is 2.85. The van der Waals surface area contributed by atoms with Crippen molar-refractivity contribution >= 4 is 12.0 Å². The lowest BCUT2D eigenvalue weighted by atomic mass is 9.97. The minimum Gasteiger partial charge on any atom is -0.496 e. The summed E-state index contributed by atoms with van der Waals surface area (Å²) >= 11 is 0. The number of urea groups is 1. The van der Waals surface area contributed by atoms with Crippen LogP contribution in [0.1, 0.15) is 24.0 Å². The van der Waals surface area contributed by atoms with Crippen molar-refractivity contribution in [3.05, 3.63) is 29.3 Å². The van der Waals surface area contributed by atoms with Gasteiger partial charge in [-0.15, -0.1) is 0 Å². The molecule has 6 heteroatoms. The standard InChI is InChI=1S/C17H24N2O4/c1-12-3-4-15(23-2)14(11-12)5-8-18-17(22)19-9-6-13(7-10-19)16(20)21/h3-4,11,13H,5-10H2,1-2H3,(H,18,22)(H,20,21). The Balaban J connectivity index is 1.79. The fraction of sp³-hybridized carbons (Fsp3) is 0.529. The summed E-state index contributed by atoms with van der Waals surface area (Å²) < 4.78 is 5.33. The Morgan fingerprint density at radius 2 is 2.04 bits per heavy atom. The summed E-state index contributed by atoms with van der Waals surface area (Å²) in [6.45, 7) is 3.54. The molecule has 0 spiro atoms. The number of hydrogen-bond acceptors (Lipinski definition) is 3. The number of carboxylic acid groups (broad SMARTS) is 1. The summed E-state index contributed by atoms with van der Waals surface area (Å²) in [5.41, 5.74) is 2.22. The van der Waals surface area contributed by atoms with Gasteiger partial charge in [0.2, 0.25) is 0 Å². The number of benzene rings is 1. The topological polar surface area (TPSA) is 78.9 Å². The van der Waals surface area contributed by atoms with Gasteiger partial charge < -0.3 is 20.1 Å². The van der Waals surface area contributed by atoms with Gasteiger partial charge in [-0.3, -0.25) is 4.79 Å². The average Bonchev–Trinajstić information content (AvgIpc) is 2.55.